The molecule has 2 fully saturated rings. The molecular weight excluding hydrogens is 320 g/mol. The van der Waals surface area contributed by atoms with Crippen molar-refractivity contribution < 1.29 is 9.53 Å². The summed E-state index contributed by atoms with van der Waals surface area (Å²) in [4.78, 5) is 17.4. The minimum absolute atomic E-state index is 0.130. The summed E-state index contributed by atoms with van der Waals surface area (Å²) in [6.07, 6.45) is 3.67. The maximum absolute atomic E-state index is 12.8. The van der Waals surface area contributed by atoms with Crippen LogP contribution in [0.25, 0.3) is 0 Å². The van der Waals surface area contributed by atoms with E-state index in [0.29, 0.717) is 6.04 Å². The third kappa shape index (κ3) is 4.67. The Hall–Kier alpha value is -1.20. The normalized spacial score (nSPS) is 22.4. The Balaban J connectivity index is 1.59. The summed E-state index contributed by atoms with van der Waals surface area (Å²) >= 11 is 1.98. The number of ether oxygens (including phenoxy) is 1. The topological polar surface area (TPSA) is 32.8 Å². The van der Waals surface area contributed by atoms with Gasteiger partial charge in [0.05, 0.1) is 6.04 Å². The molecular formula is C19H28N2O2S. The van der Waals surface area contributed by atoms with Crippen LogP contribution in [0.5, 0.6) is 5.75 Å². The molecule has 1 amide bonds. The summed E-state index contributed by atoms with van der Waals surface area (Å²) < 4.78 is 5.80. The molecule has 1 atom stereocenters. The molecule has 4 nitrogen and oxygen atoms in total. The van der Waals surface area contributed by atoms with E-state index in [1.807, 2.05) is 43.0 Å². The van der Waals surface area contributed by atoms with Crippen molar-refractivity contribution in [3.8, 4) is 5.75 Å². The lowest BCUT2D eigenvalue weighted by atomic mass is 10.2. The standard InChI is InChI=1S/C19H28N2O2S/c1-16-7-2-3-8-18(16)23-14-19(22)21-11-6-12-24-15-17(21)13-20-9-4-5-10-20/h2-3,7-8,17H,4-6,9-15H2,1H3. The van der Waals surface area contributed by atoms with Crippen molar-refractivity contribution in [1.29, 1.82) is 0 Å². The van der Waals surface area contributed by atoms with Gasteiger partial charge in [-0.1, -0.05) is 18.2 Å². The van der Waals surface area contributed by atoms with Crippen molar-refractivity contribution >= 4 is 17.7 Å². The smallest absolute Gasteiger partial charge is 0.260 e. The number of para-hydroxylation sites is 1. The number of thioether (sulfide) groups is 1. The average Bonchev–Trinajstić information content (AvgIpc) is 2.98. The zero-order valence-corrected chi connectivity index (χ0v) is 15.4. The van der Waals surface area contributed by atoms with Crippen LogP contribution in [0.15, 0.2) is 24.3 Å². The van der Waals surface area contributed by atoms with Gasteiger partial charge in [0.15, 0.2) is 6.61 Å². The third-order valence-corrected chi connectivity index (χ3v) is 6.07. The largest absolute Gasteiger partial charge is 0.484 e. The Kier molecular flexibility index (Phi) is 6.44. The average molecular weight is 349 g/mol. The Labute approximate surface area is 149 Å². The lowest BCUT2D eigenvalue weighted by Crippen LogP contribution is -2.49. The molecule has 0 bridgehead atoms. The SMILES string of the molecule is Cc1ccccc1OCC(=O)N1CCCSCC1CN1CCCC1. The lowest BCUT2D eigenvalue weighted by molar-refractivity contribution is -0.135. The van der Waals surface area contributed by atoms with Gasteiger partial charge < -0.3 is 14.5 Å². The van der Waals surface area contributed by atoms with Gasteiger partial charge in [0, 0.05) is 18.8 Å². The van der Waals surface area contributed by atoms with Crippen LogP contribution in [0.3, 0.4) is 0 Å². The summed E-state index contributed by atoms with van der Waals surface area (Å²) in [5, 5.41) is 0. The van der Waals surface area contributed by atoms with E-state index in [9.17, 15) is 4.79 Å². The Morgan fingerprint density at radius 3 is 2.79 bits per heavy atom. The fourth-order valence-corrected chi connectivity index (χ4v) is 4.57. The fourth-order valence-electron chi connectivity index (χ4n) is 3.51. The molecule has 0 radical (unpaired) electrons. The quantitative estimate of drug-likeness (QED) is 0.819. The highest BCUT2D eigenvalue weighted by molar-refractivity contribution is 7.99. The van der Waals surface area contributed by atoms with Gasteiger partial charge in [-0.3, -0.25) is 4.79 Å². The molecule has 24 heavy (non-hydrogen) atoms. The molecule has 2 aliphatic rings. The lowest BCUT2D eigenvalue weighted by Gasteiger charge is -2.32. The second-order valence-electron chi connectivity index (χ2n) is 6.73. The van der Waals surface area contributed by atoms with Crippen LogP contribution >= 0.6 is 11.8 Å². The first-order valence-electron chi connectivity index (χ1n) is 9.02. The van der Waals surface area contributed by atoms with Crippen molar-refractivity contribution in [2.24, 2.45) is 0 Å². The molecule has 2 aliphatic heterocycles. The van der Waals surface area contributed by atoms with E-state index in [1.165, 1.54) is 25.9 Å². The number of aryl methyl sites for hydroxylation is 1. The van der Waals surface area contributed by atoms with Crippen molar-refractivity contribution in [2.45, 2.75) is 32.2 Å². The van der Waals surface area contributed by atoms with E-state index in [-0.39, 0.29) is 12.5 Å². The molecule has 1 aromatic carbocycles. The van der Waals surface area contributed by atoms with Crippen molar-refractivity contribution in [3.05, 3.63) is 29.8 Å². The molecule has 2 saturated heterocycles. The highest BCUT2D eigenvalue weighted by atomic mass is 32.2. The van der Waals surface area contributed by atoms with Gasteiger partial charge in [-0.05, 0) is 56.7 Å². The van der Waals surface area contributed by atoms with Gasteiger partial charge in [0.25, 0.3) is 5.91 Å². The maximum atomic E-state index is 12.8. The van der Waals surface area contributed by atoms with Crippen LogP contribution in [-0.4, -0.2) is 66.0 Å². The molecule has 3 rings (SSSR count). The monoisotopic (exact) mass is 348 g/mol. The molecule has 0 saturated carbocycles. The number of amides is 1. The van der Waals surface area contributed by atoms with Crippen molar-refractivity contribution in [3.63, 3.8) is 0 Å². The highest BCUT2D eigenvalue weighted by Gasteiger charge is 2.28. The summed E-state index contributed by atoms with van der Waals surface area (Å²) in [6.45, 7) is 6.40. The number of carbonyl (C=O) groups excluding carboxylic acids is 1. The van der Waals surface area contributed by atoms with Crippen LogP contribution in [0.1, 0.15) is 24.8 Å². The van der Waals surface area contributed by atoms with Gasteiger partial charge in [0.1, 0.15) is 5.75 Å². The van der Waals surface area contributed by atoms with Gasteiger partial charge >= 0.3 is 0 Å². The molecule has 2 heterocycles. The minimum atomic E-state index is 0.130. The van der Waals surface area contributed by atoms with Crippen LogP contribution in [0, 0.1) is 6.92 Å². The summed E-state index contributed by atoms with van der Waals surface area (Å²) in [5.41, 5.74) is 1.07. The summed E-state index contributed by atoms with van der Waals surface area (Å²) in [5.74, 6) is 3.14. The van der Waals surface area contributed by atoms with Crippen LogP contribution in [0.2, 0.25) is 0 Å². The Bertz CT molecular complexity index is 546. The number of hydrogen-bond acceptors (Lipinski definition) is 4. The third-order valence-electron chi connectivity index (χ3n) is 4.87. The van der Waals surface area contributed by atoms with E-state index in [0.717, 1.165) is 42.3 Å². The van der Waals surface area contributed by atoms with Gasteiger partial charge in [-0.2, -0.15) is 11.8 Å². The predicted molar refractivity (Wildman–Crippen MR) is 99.8 cm³/mol. The van der Waals surface area contributed by atoms with Crippen LogP contribution in [-0.2, 0) is 4.79 Å². The molecule has 0 N–H and O–H groups in total. The Morgan fingerprint density at radius 2 is 2.00 bits per heavy atom. The number of likely N-dealkylation sites (tertiary alicyclic amines) is 1. The number of benzene rings is 1. The molecule has 1 aromatic rings. The van der Waals surface area contributed by atoms with E-state index in [1.54, 1.807) is 0 Å². The van der Waals surface area contributed by atoms with E-state index in [4.69, 9.17) is 4.74 Å². The first-order chi connectivity index (χ1) is 11.7. The highest BCUT2D eigenvalue weighted by Crippen LogP contribution is 2.21. The molecule has 0 aromatic heterocycles. The number of hydrogen-bond donors (Lipinski definition) is 0. The van der Waals surface area contributed by atoms with E-state index >= 15 is 0 Å². The van der Waals surface area contributed by atoms with E-state index < -0.39 is 0 Å². The predicted octanol–water partition coefficient (Wildman–Crippen LogP) is 2.80. The molecule has 132 valence electrons. The number of rotatable bonds is 5. The van der Waals surface area contributed by atoms with Crippen LogP contribution < -0.4 is 4.74 Å². The molecule has 1 unspecified atom stereocenters. The second-order valence-corrected chi connectivity index (χ2v) is 7.88. The first-order valence-corrected chi connectivity index (χ1v) is 10.2. The zero-order chi connectivity index (χ0) is 16.8. The zero-order valence-electron chi connectivity index (χ0n) is 14.6. The number of carbonyl (C=O) groups is 1. The van der Waals surface area contributed by atoms with Gasteiger partial charge in [-0.15, -0.1) is 0 Å². The molecule has 5 heteroatoms. The van der Waals surface area contributed by atoms with Crippen molar-refractivity contribution in [1.82, 2.24) is 9.80 Å². The number of nitrogens with zero attached hydrogens (tertiary/aromatic N) is 2. The Morgan fingerprint density at radius 1 is 1.21 bits per heavy atom. The minimum Gasteiger partial charge on any atom is -0.484 e. The summed E-state index contributed by atoms with van der Waals surface area (Å²) in [7, 11) is 0. The fraction of sp³-hybridized carbons (Fsp3) is 0.632. The van der Waals surface area contributed by atoms with Gasteiger partial charge in [0.2, 0.25) is 0 Å². The van der Waals surface area contributed by atoms with Gasteiger partial charge in [-0.25, -0.2) is 0 Å². The van der Waals surface area contributed by atoms with Crippen LogP contribution in [0.4, 0.5) is 0 Å². The van der Waals surface area contributed by atoms with Crippen molar-refractivity contribution in [2.75, 3.05) is 44.3 Å². The summed E-state index contributed by atoms with van der Waals surface area (Å²) in [6, 6.07) is 8.21. The molecule has 0 spiro atoms. The molecule has 0 aliphatic carbocycles. The first kappa shape index (κ1) is 17.6. The second kappa shape index (κ2) is 8.77. The van der Waals surface area contributed by atoms with E-state index in [2.05, 4.69) is 9.80 Å². The maximum Gasteiger partial charge on any atom is 0.260 e.